The minimum absolute atomic E-state index is 0.257. The maximum Gasteiger partial charge on any atom is 0.323 e. The Morgan fingerprint density at radius 1 is 1.06 bits per heavy atom. The number of imidazole rings is 1. The number of nitrogens with zero attached hydrogens (tertiary/aromatic N) is 6. The Morgan fingerprint density at radius 2 is 1.94 bits per heavy atom. The van der Waals surface area contributed by atoms with Gasteiger partial charge in [0.05, 0.1) is 53.5 Å². The summed E-state index contributed by atoms with van der Waals surface area (Å²) in [6, 6.07) is 14.9. The summed E-state index contributed by atoms with van der Waals surface area (Å²) < 4.78 is 8.79. The highest BCUT2D eigenvalue weighted by atomic mass is 35.5. The van der Waals surface area contributed by atoms with Crippen LogP contribution in [0.2, 0.25) is 5.02 Å². The molecule has 34 heavy (non-hydrogen) atoms. The molecule has 168 valence electrons. The minimum atomic E-state index is -0.257. The molecule has 2 aromatic carbocycles. The second kappa shape index (κ2) is 7.85. The molecule has 0 saturated heterocycles. The lowest BCUT2D eigenvalue weighted by molar-refractivity contribution is 0.414. The van der Waals surface area contributed by atoms with Crippen molar-refractivity contribution in [2.75, 3.05) is 7.11 Å². The number of halogens is 1. The lowest BCUT2D eigenvalue weighted by Crippen LogP contribution is -2.05. The maximum absolute atomic E-state index is 11.6. The van der Waals surface area contributed by atoms with Crippen molar-refractivity contribution in [1.29, 1.82) is 0 Å². The van der Waals surface area contributed by atoms with Crippen LogP contribution in [0.4, 0.5) is 0 Å². The quantitative estimate of drug-likeness (QED) is 0.396. The maximum atomic E-state index is 11.6. The van der Waals surface area contributed by atoms with Crippen LogP contribution in [0.25, 0.3) is 39.1 Å². The number of rotatable bonds is 5. The molecular formula is C23H17ClN8O2. The highest BCUT2D eigenvalue weighted by Gasteiger charge is 2.14. The zero-order chi connectivity index (χ0) is 23.2. The highest BCUT2D eigenvalue weighted by molar-refractivity contribution is 6.31. The molecule has 0 aliphatic carbocycles. The molecule has 6 aromatic rings. The van der Waals surface area contributed by atoms with Crippen LogP contribution in [-0.2, 0) is 6.54 Å². The molecule has 0 amide bonds. The summed E-state index contributed by atoms with van der Waals surface area (Å²) in [6.07, 6.45) is 3.41. The van der Waals surface area contributed by atoms with Crippen molar-refractivity contribution in [2.45, 2.75) is 6.54 Å². The first-order valence-electron chi connectivity index (χ1n) is 10.4. The van der Waals surface area contributed by atoms with E-state index in [9.17, 15) is 4.79 Å². The molecule has 0 atom stereocenters. The summed E-state index contributed by atoms with van der Waals surface area (Å²) in [6.45, 7) is 0.472. The number of aromatic nitrogens is 8. The molecule has 4 heterocycles. The fourth-order valence-corrected chi connectivity index (χ4v) is 4.16. The molecule has 0 radical (unpaired) electrons. The van der Waals surface area contributed by atoms with Crippen LogP contribution >= 0.6 is 11.6 Å². The minimum Gasteiger partial charge on any atom is -0.497 e. The van der Waals surface area contributed by atoms with Crippen LogP contribution < -0.4 is 10.4 Å². The predicted molar refractivity (Wildman–Crippen MR) is 127 cm³/mol. The van der Waals surface area contributed by atoms with Gasteiger partial charge in [-0.3, -0.25) is 9.67 Å². The highest BCUT2D eigenvalue weighted by Crippen LogP contribution is 2.27. The zero-order valence-electron chi connectivity index (χ0n) is 17.9. The number of hydrogen-bond acceptors (Lipinski definition) is 6. The first-order chi connectivity index (χ1) is 16.6. The van der Waals surface area contributed by atoms with Crippen LogP contribution in [0.1, 0.15) is 5.56 Å². The van der Waals surface area contributed by atoms with E-state index in [0.29, 0.717) is 34.0 Å². The number of pyridine rings is 1. The molecule has 0 unspecified atom stereocenters. The summed E-state index contributed by atoms with van der Waals surface area (Å²) in [7, 11) is 1.61. The third-order valence-corrected chi connectivity index (χ3v) is 5.99. The number of benzene rings is 2. The molecular weight excluding hydrogens is 456 g/mol. The Labute approximate surface area is 196 Å². The number of fused-ring (bicyclic) bond motifs is 2. The number of nitrogens with one attached hydrogen (secondary N) is 2. The van der Waals surface area contributed by atoms with Crippen LogP contribution in [0.15, 0.2) is 65.7 Å². The van der Waals surface area contributed by atoms with E-state index >= 15 is 0 Å². The summed E-state index contributed by atoms with van der Waals surface area (Å²) in [4.78, 5) is 21.7. The first-order valence-corrected chi connectivity index (χ1v) is 10.8. The molecule has 11 heteroatoms. The molecule has 0 aliphatic heterocycles. The van der Waals surface area contributed by atoms with Crippen molar-refractivity contribution in [1.82, 2.24) is 39.7 Å². The van der Waals surface area contributed by atoms with Gasteiger partial charge in [0, 0.05) is 11.2 Å². The first kappa shape index (κ1) is 20.2. The standard InChI is InChI=1S/C23H17ClN8O2/c1-34-15-4-2-13(16(24)9-15)12-31-21(6-7-26-31)19-10-22-20(11-25-19)29-30-32(22)14-3-5-17-18(8-14)28-23(33)27-17/h2-11H,12H2,1H3,(H2,27,28,33). The lowest BCUT2D eigenvalue weighted by Gasteiger charge is -2.10. The second-order valence-electron chi connectivity index (χ2n) is 7.70. The van der Waals surface area contributed by atoms with Crippen LogP contribution in [0.3, 0.4) is 0 Å². The van der Waals surface area contributed by atoms with E-state index in [-0.39, 0.29) is 5.69 Å². The fourth-order valence-electron chi connectivity index (χ4n) is 3.93. The third-order valence-electron chi connectivity index (χ3n) is 5.64. The average Bonchev–Trinajstić information content (AvgIpc) is 3.56. The predicted octanol–water partition coefficient (Wildman–Crippen LogP) is 3.56. The van der Waals surface area contributed by atoms with Gasteiger partial charge in [0.25, 0.3) is 0 Å². The average molecular weight is 473 g/mol. The van der Waals surface area contributed by atoms with Gasteiger partial charge in [-0.2, -0.15) is 5.10 Å². The van der Waals surface area contributed by atoms with Gasteiger partial charge >= 0.3 is 5.69 Å². The van der Waals surface area contributed by atoms with Crippen molar-refractivity contribution < 1.29 is 4.74 Å². The molecule has 0 saturated carbocycles. The van der Waals surface area contributed by atoms with Gasteiger partial charge in [-0.25, -0.2) is 9.48 Å². The fraction of sp³-hybridized carbons (Fsp3) is 0.0870. The Bertz CT molecular complexity index is 1730. The monoisotopic (exact) mass is 472 g/mol. The van der Waals surface area contributed by atoms with Crippen molar-refractivity contribution in [2.24, 2.45) is 0 Å². The SMILES string of the molecule is COc1ccc(Cn2nccc2-c2cc3c(cn2)nnn3-c2ccc3[nH]c(=O)[nH]c3c2)c(Cl)c1. The molecule has 2 N–H and O–H groups in total. The van der Waals surface area contributed by atoms with Crippen LogP contribution in [-0.4, -0.2) is 46.8 Å². The molecule has 0 aliphatic rings. The van der Waals surface area contributed by atoms with E-state index in [1.807, 2.05) is 47.1 Å². The Balaban J connectivity index is 1.40. The van der Waals surface area contributed by atoms with Crippen molar-refractivity contribution >= 4 is 33.7 Å². The van der Waals surface area contributed by atoms with E-state index in [0.717, 1.165) is 28.0 Å². The zero-order valence-corrected chi connectivity index (χ0v) is 18.6. The van der Waals surface area contributed by atoms with Gasteiger partial charge in [-0.1, -0.05) is 22.9 Å². The number of methoxy groups -OCH3 is 1. The number of H-pyrrole nitrogens is 2. The van der Waals surface area contributed by atoms with Crippen molar-refractivity contribution in [3.8, 4) is 22.8 Å². The molecule has 10 nitrogen and oxygen atoms in total. The van der Waals surface area contributed by atoms with Crippen molar-refractivity contribution in [3.05, 3.63) is 82.0 Å². The third kappa shape index (κ3) is 3.41. The van der Waals surface area contributed by atoms with E-state index in [2.05, 4.69) is 30.4 Å². The molecule has 0 bridgehead atoms. The van der Waals surface area contributed by atoms with E-state index in [4.69, 9.17) is 16.3 Å². The van der Waals surface area contributed by atoms with Gasteiger partial charge in [-0.15, -0.1) is 5.10 Å². The van der Waals surface area contributed by atoms with Crippen LogP contribution in [0, 0.1) is 0 Å². The molecule has 4 aromatic heterocycles. The van der Waals surface area contributed by atoms with Crippen LogP contribution in [0.5, 0.6) is 5.75 Å². The van der Waals surface area contributed by atoms with Gasteiger partial charge in [0.15, 0.2) is 0 Å². The molecule has 6 rings (SSSR count). The number of hydrogen-bond donors (Lipinski definition) is 2. The Hall–Kier alpha value is -4.44. The van der Waals surface area contributed by atoms with Gasteiger partial charge in [0.2, 0.25) is 0 Å². The summed E-state index contributed by atoms with van der Waals surface area (Å²) in [5.41, 5.74) is 5.80. The molecule has 0 spiro atoms. The molecule has 0 fully saturated rings. The van der Waals surface area contributed by atoms with E-state index in [1.54, 1.807) is 30.3 Å². The summed E-state index contributed by atoms with van der Waals surface area (Å²) in [5, 5.41) is 13.6. The largest absolute Gasteiger partial charge is 0.497 e. The smallest absolute Gasteiger partial charge is 0.323 e. The van der Waals surface area contributed by atoms with Gasteiger partial charge in [-0.05, 0) is 48.0 Å². The van der Waals surface area contributed by atoms with E-state index in [1.165, 1.54) is 0 Å². The van der Waals surface area contributed by atoms with E-state index < -0.39 is 0 Å². The lowest BCUT2D eigenvalue weighted by atomic mass is 10.2. The normalized spacial score (nSPS) is 11.5. The Morgan fingerprint density at radius 3 is 2.79 bits per heavy atom. The van der Waals surface area contributed by atoms with Gasteiger partial charge in [0.1, 0.15) is 11.3 Å². The number of ether oxygens (including phenoxy) is 1. The van der Waals surface area contributed by atoms with Gasteiger partial charge < -0.3 is 14.7 Å². The second-order valence-corrected chi connectivity index (χ2v) is 8.11. The topological polar surface area (TPSA) is 119 Å². The summed E-state index contributed by atoms with van der Waals surface area (Å²) >= 11 is 6.44. The Kier molecular flexibility index (Phi) is 4.66. The van der Waals surface area contributed by atoms with Crippen molar-refractivity contribution in [3.63, 3.8) is 0 Å². The number of aromatic amines is 2. The summed E-state index contributed by atoms with van der Waals surface area (Å²) in [5.74, 6) is 0.698.